The van der Waals surface area contributed by atoms with E-state index in [0.717, 1.165) is 0 Å². The summed E-state index contributed by atoms with van der Waals surface area (Å²) in [5.41, 5.74) is 0. The molecule has 0 heterocycles. The summed E-state index contributed by atoms with van der Waals surface area (Å²) in [6.07, 6.45) is 0. The molecule has 0 aliphatic carbocycles. The quantitative estimate of drug-likeness (QED) is 0.534. The molecule has 0 aliphatic rings. The van der Waals surface area contributed by atoms with Crippen LogP contribution >= 0.6 is 0 Å². The van der Waals surface area contributed by atoms with Gasteiger partial charge in [-0.3, -0.25) is 0 Å². The Morgan fingerprint density at radius 1 is 1.00 bits per heavy atom. The van der Waals surface area contributed by atoms with Crippen molar-refractivity contribution in [1.82, 2.24) is 0 Å². The van der Waals surface area contributed by atoms with Crippen LogP contribution in [-0.4, -0.2) is 0 Å². The zero-order valence-corrected chi connectivity index (χ0v) is 7.47. The molecule has 27 valence electrons. The summed E-state index contributed by atoms with van der Waals surface area (Å²) < 4.78 is 0. The molecule has 0 nitrogen and oxygen atoms in total. The van der Waals surface area contributed by atoms with Gasteiger partial charge in [0.05, 0.1) is 0 Å². The Labute approximate surface area is 76.7 Å². The first kappa shape index (κ1) is 31.8. The number of hydrogen-bond donors (Lipinski definition) is 0. The molecule has 0 fully saturated rings. The molecule has 0 saturated carbocycles. The van der Waals surface area contributed by atoms with Crippen molar-refractivity contribution in [3.8, 4) is 0 Å². The Bertz CT molecular complexity index is 8.00. The summed E-state index contributed by atoms with van der Waals surface area (Å²) in [4.78, 5) is 0. The van der Waals surface area contributed by atoms with Crippen LogP contribution in [0.4, 0.5) is 0 Å². The molecule has 0 unspecified atom stereocenters. The maximum atomic E-state index is 0. The van der Waals surface area contributed by atoms with Crippen molar-refractivity contribution in [2.75, 3.05) is 0 Å². The minimum absolute atomic E-state index is 0. The summed E-state index contributed by atoms with van der Waals surface area (Å²) in [6.45, 7) is 0. The zero-order valence-electron chi connectivity index (χ0n) is 1.62. The van der Waals surface area contributed by atoms with Crippen LogP contribution in [0.3, 0.4) is 0 Å². The molecule has 4 heteroatoms. The van der Waals surface area contributed by atoms with Crippen molar-refractivity contribution in [3.05, 3.63) is 0 Å². The van der Waals surface area contributed by atoms with Gasteiger partial charge in [0.1, 0.15) is 0 Å². The van der Waals surface area contributed by atoms with Gasteiger partial charge in [0.15, 0.2) is 0 Å². The SMILES string of the molecule is [Fe].[Nb].[Ni].[Ti]. The second kappa shape index (κ2) is 17.9. The molecule has 0 bridgehead atoms. The predicted octanol–water partition coefficient (Wildman–Crippen LogP) is -0.0100. The van der Waals surface area contributed by atoms with Gasteiger partial charge in [-0.1, -0.05) is 0 Å². The van der Waals surface area contributed by atoms with Crippen molar-refractivity contribution >= 4 is 0 Å². The monoisotopic (exact) mass is 255 g/mol. The summed E-state index contributed by atoms with van der Waals surface area (Å²) in [5, 5.41) is 0. The summed E-state index contributed by atoms with van der Waals surface area (Å²) in [6, 6.07) is 0. The van der Waals surface area contributed by atoms with Crippen LogP contribution in [0.1, 0.15) is 0 Å². The van der Waals surface area contributed by atoms with E-state index in [4.69, 9.17) is 0 Å². The molecule has 1 radical (unpaired) electrons. The molecule has 0 aromatic carbocycles. The maximum absolute atomic E-state index is 0. The van der Waals surface area contributed by atoms with E-state index in [1.54, 1.807) is 0 Å². The van der Waals surface area contributed by atoms with Crippen molar-refractivity contribution in [2.24, 2.45) is 0 Å². The molecule has 0 rings (SSSR count). The summed E-state index contributed by atoms with van der Waals surface area (Å²) in [5.74, 6) is 0. The number of hydrogen-bond acceptors (Lipinski definition) is 0. The Balaban J connectivity index is 0. The standard InChI is InChI=1S/Fe.Nb.Ni.Ti. The molecule has 0 aliphatic heterocycles. The molecule has 4 heavy (non-hydrogen) atoms. The van der Waals surface area contributed by atoms with E-state index >= 15 is 0 Å². The third kappa shape index (κ3) is 8.82. The third-order valence-corrected chi connectivity index (χ3v) is 0. The van der Waals surface area contributed by atoms with Crippen LogP contribution in [-0.2, 0) is 77.7 Å². The Morgan fingerprint density at radius 2 is 1.00 bits per heavy atom. The van der Waals surface area contributed by atoms with Crippen molar-refractivity contribution in [2.45, 2.75) is 0 Å². The van der Waals surface area contributed by atoms with Crippen LogP contribution in [0.2, 0.25) is 0 Å². The molecule has 0 amide bonds. The van der Waals surface area contributed by atoms with E-state index in [2.05, 4.69) is 0 Å². The predicted molar refractivity (Wildman–Crippen MR) is 0 cm³/mol. The second-order valence-electron chi connectivity index (χ2n) is 0. The first-order valence-corrected chi connectivity index (χ1v) is 0. The van der Waals surface area contributed by atoms with Crippen LogP contribution in [0, 0.1) is 0 Å². The molecule has 0 aromatic rings. The smallest absolute Gasteiger partial charge is 0 e. The average molecular weight is 255 g/mol. The van der Waals surface area contributed by atoms with Crippen LogP contribution < -0.4 is 0 Å². The fraction of sp³-hybridized carbons (Fsp3) is 0. The summed E-state index contributed by atoms with van der Waals surface area (Å²) in [7, 11) is 0. The minimum atomic E-state index is 0. The first-order valence-electron chi connectivity index (χ1n) is 0. The number of rotatable bonds is 0. The van der Waals surface area contributed by atoms with Crippen LogP contribution in [0.15, 0.2) is 0 Å². The van der Waals surface area contributed by atoms with E-state index in [0.29, 0.717) is 0 Å². The van der Waals surface area contributed by atoms with Gasteiger partial charge in [-0.2, -0.15) is 0 Å². The minimum Gasteiger partial charge on any atom is 0 e. The zero-order chi connectivity index (χ0) is 0. The van der Waals surface area contributed by atoms with Gasteiger partial charge in [0.2, 0.25) is 0 Å². The Morgan fingerprint density at radius 3 is 1.00 bits per heavy atom. The van der Waals surface area contributed by atoms with E-state index in [1.165, 1.54) is 0 Å². The Hall–Kier alpha value is 2.47. The summed E-state index contributed by atoms with van der Waals surface area (Å²) >= 11 is 0. The van der Waals surface area contributed by atoms with Gasteiger partial charge in [-0.25, -0.2) is 0 Å². The molecule has 0 N–H and O–H groups in total. The van der Waals surface area contributed by atoms with Crippen LogP contribution in [0.5, 0.6) is 0 Å². The van der Waals surface area contributed by atoms with Gasteiger partial charge in [0, 0.05) is 77.7 Å². The molecule has 0 atom stereocenters. The first-order chi connectivity index (χ1) is 0. The van der Waals surface area contributed by atoms with E-state index < -0.39 is 0 Å². The topological polar surface area (TPSA) is 0 Å². The van der Waals surface area contributed by atoms with Gasteiger partial charge < -0.3 is 0 Å². The van der Waals surface area contributed by atoms with Gasteiger partial charge in [-0.15, -0.1) is 0 Å². The fourth-order valence-electron chi connectivity index (χ4n) is 0. The van der Waals surface area contributed by atoms with E-state index in [1.807, 2.05) is 0 Å². The molecular formula is FeNbNiTi. The van der Waals surface area contributed by atoms with Gasteiger partial charge in [0.25, 0.3) is 0 Å². The molecule has 0 aromatic heterocycles. The molecule has 0 spiro atoms. The van der Waals surface area contributed by atoms with E-state index in [-0.39, 0.29) is 77.7 Å². The van der Waals surface area contributed by atoms with Gasteiger partial charge >= 0.3 is 0 Å². The molecular weight excluding hydrogens is 255 g/mol. The second-order valence-corrected chi connectivity index (χ2v) is 0. The van der Waals surface area contributed by atoms with Crippen molar-refractivity contribution in [1.29, 1.82) is 0 Å². The molecule has 0 saturated heterocycles. The third-order valence-electron chi connectivity index (χ3n) is 0. The maximum Gasteiger partial charge on any atom is 0 e. The van der Waals surface area contributed by atoms with Crippen molar-refractivity contribution < 1.29 is 77.7 Å². The van der Waals surface area contributed by atoms with E-state index in [9.17, 15) is 0 Å². The van der Waals surface area contributed by atoms with Gasteiger partial charge in [-0.05, 0) is 0 Å². The van der Waals surface area contributed by atoms with Crippen molar-refractivity contribution in [3.63, 3.8) is 0 Å². The Kier molecular flexibility index (Phi) is 142. The fourth-order valence-corrected chi connectivity index (χ4v) is 0. The largest absolute Gasteiger partial charge is 0 e. The average Bonchev–Trinajstić information content (AvgIpc) is 0. The van der Waals surface area contributed by atoms with Crippen LogP contribution in [0.25, 0.3) is 0 Å². The normalized spacial score (nSPS) is 0.